The lowest BCUT2D eigenvalue weighted by Crippen LogP contribution is -2.36. The molecule has 1 atom stereocenters. The van der Waals surface area contributed by atoms with Crippen molar-refractivity contribution >= 4 is 5.97 Å². The molecule has 1 heterocycles. The topological polar surface area (TPSA) is 46.5 Å². The molecule has 0 radical (unpaired) electrons. The van der Waals surface area contributed by atoms with Crippen LogP contribution in [0.3, 0.4) is 0 Å². The van der Waals surface area contributed by atoms with Crippen LogP contribution in [0.2, 0.25) is 0 Å². The number of carboxylic acids is 1. The molecule has 13 heavy (non-hydrogen) atoms. The summed E-state index contributed by atoms with van der Waals surface area (Å²) < 4.78 is 5.28. The lowest BCUT2D eigenvalue weighted by atomic mass is 9.73. The SMILES string of the molecule is O=C(O)C1(C2CCOC2)CCCC1. The molecule has 0 amide bonds. The number of hydrogen-bond acceptors (Lipinski definition) is 2. The van der Waals surface area contributed by atoms with Crippen LogP contribution in [0.15, 0.2) is 0 Å². The molecular formula is C10H16O3. The minimum absolute atomic E-state index is 0.271. The van der Waals surface area contributed by atoms with Gasteiger partial charge in [-0.25, -0.2) is 0 Å². The number of hydrogen-bond donors (Lipinski definition) is 1. The van der Waals surface area contributed by atoms with Gasteiger partial charge in [0.15, 0.2) is 0 Å². The Morgan fingerprint density at radius 2 is 2.08 bits per heavy atom. The highest BCUT2D eigenvalue weighted by molar-refractivity contribution is 5.75. The van der Waals surface area contributed by atoms with Gasteiger partial charge in [-0.3, -0.25) is 4.79 Å². The average molecular weight is 184 g/mol. The van der Waals surface area contributed by atoms with E-state index in [0.717, 1.165) is 38.7 Å². The standard InChI is InChI=1S/C10H16O3/c11-9(12)10(4-1-2-5-10)8-3-6-13-7-8/h8H,1-7H2,(H,11,12). The average Bonchev–Trinajstić information content (AvgIpc) is 2.75. The second-order valence-electron chi connectivity index (χ2n) is 4.23. The van der Waals surface area contributed by atoms with Gasteiger partial charge < -0.3 is 9.84 Å². The van der Waals surface area contributed by atoms with Gasteiger partial charge in [0.2, 0.25) is 0 Å². The molecule has 1 aliphatic heterocycles. The zero-order valence-electron chi connectivity index (χ0n) is 7.79. The number of carbonyl (C=O) groups is 1. The first-order valence-electron chi connectivity index (χ1n) is 5.07. The summed E-state index contributed by atoms with van der Waals surface area (Å²) in [5, 5.41) is 9.27. The molecule has 3 nitrogen and oxygen atoms in total. The molecule has 2 aliphatic rings. The van der Waals surface area contributed by atoms with Crippen molar-refractivity contribution in [1.82, 2.24) is 0 Å². The first kappa shape index (κ1) is 9.00. The molecular weight excluding hydrogens is 168 g/mol. The van der Waals surface area contributed by atoms with Crippen LogP contribution in [0.5, 0.6) is 0 Å². The van der Waals surface area contributed by atoms with Crippen LogP contribution in [-0.4, -0.2) is 24.3 Å². The molecule has 0 aromatic heterocycles. The van der Waals surface area contributed by atoms with Gasteiger partial charge in [0.05, 0.1) is 12.0 Å². The smallest absolute Gasteiger partial charge is 0.310 e. The van der Waals surface area contributed by atoms with Crippen molar-refractivity contribution < 1.29 is 14.6 Å². The molecule has 0 spiro atoms. The molecule has 1 saturated heterocycles. The minimum atomic E-state index is -0.597. The summed E-state index contributed by atoms with van der Waals surface area (Å²) in [5.74, 6) is -0.326. The van der Waals surface area contributed by atoms with Gasteiger partial charge in [-0.1, -0.05) is 12.8 Å². The molecule has 2 rings (SSSR count). The minimum Gasteiger partial charge on any atom is -0.481 e. The summed E-state index contributed by atoms with van der Waals surface area (Å²) in [4.78, 5) is 11.3. The van der Waals surface area contributed by atoms with Gasteiger partial charge in [-0.15, -0.1) is 0 Å². The van der Waals surface area contributed by atoms with Crippen LogP contribution in [0.4, 0.5) is 0 Å². The third-order valence-electron chi connectivity index (χ3n) is 3.63. The predicted molar refractivity (Wildman–Crippen MR) is 47.5 cm³/mol. The molecule has 0 aromatic rings. The van der Waals surface area contributed by atoms with Gasteiger partial charge in [0, 0.05) is 12.5 Å². The highest BCUT2D eigenvalue weighted by Crippen LogP contribution is 2.47. The summed E-state index contributed by atoms with van der Waals surface area (Å²) in [5.41, 5.74) is -0.434. The Morgan fingerprint density at radius 3 is 2.54 bits per heavy atom. The predicted octanol–water partition coefficient (Wildman–Crippen LogP) is 1.67. The first-order chi connectivity index (χ1) is 6.26. The summed E-state index contributed by atoms with van der Waals surface area (Å²) >= 11 is 0. The maximum atomic E-state index is 11.3. The third kappa shape index (κ3) is 1.35. The van der Waals surface area contributed by atoms with Gasteiger partial charge >= 0.3 is 5.97 Å². The van der Waals surface area contributed by atoms with Gasteiger partial charge in [-0.05, 0) is 19.3 Å². The molecule has 0 aromatic carbocycles. The van der Waals surface area contributed by atoms with Crippen molar-refractivity contribution in [2.24, 2.45) is 11.3 Å². The van der Waals surface area contributed by atoms with Crippen LogP contribution < -0.4 is 0 Å². The number of carboxylic acid groups (broad SMARTS) is 1. The van der Waals surface area contributed by atoms with Gasteiger partial charge in [0.1, 0.15) is 0 Å². The van der Waals surface area contributed by atoms with Crippen LogP contribution in [-0.2, 0) is 9.53 Å². The molecule has 2 fully saturated rings. The van der Waals surface area contributed by atoms with E-state index in [2.05, 4.69) is 0 Å². The second kappa shape index (κ2) is 3.29. The maximum absolute atomic E-state index is 11.3. The molecule has 1 unspecified atom stereocenters. The third-order valence-corrected chi connectivity index (χ3v) is 3.63. The van der Waals surface area contributed by atoms with Crippen LogP contribution >= 0.6 is 0 Å². The van der Waals surface area contributed by atoms with E-state index >= 15 is 0 Å². The number of ether oxygens (including phenoxy) is 1. The van der Waals surface area contributed by atoms with E-state index in [-0.39, 0.29) is 5.92 Å². The largest absolute Gasteiger partial charge is 0.481 e. The lowest BCUT2D eigenvalue weighted by molar-refractivity contribution is -0.152. The Kier molecular flexibility index (Phi) is 2.28. The maximum Gasteiger partial charge on any atom is 0.310 e. The Bertz CT molecular complexity index is 200. The van der Waals surface area contributed by atoms with Crippen molar-refractivity contribution in [1.29, 1.82) is 0 Å². The number of rotatable bonds is 2. The molecule has 1 saturated carbocycles. The lowest BCUT2D eigenvalue weighted by Gasteiger charge is -2.29. The zero-order valence-corrected chi connectivity index (χ0v) is 7.79. The summed E-state index contributed by atoms with van der Waals surface area (Å²) in [6, 6.07) is 0. The van der Waals surface area contributed by atoms with E-state index < -0.39 is 11.4 Å². The van der Waals surface area contributed by atoms with E-state index in [1.54, 1.807) is 0 Å². The fraction of sp³-hybridized carbons (Fsp3) is 0.900. The summed E-state index contributed by atoms with van der Waals surface area (Å²) in [7, 11) is 0. The van der Waals surface area contributed by atoms with E-state index in [1.807, 2.05) is 0 Å². The monoisotopic (exact) mass is 184 g/mol. The van der Waals surface area contributed by atoms with Crippen LogP contribution in [0.25, 0.3) is 0 Å². The molecule has 0 bridgehead atoms. The normalized spacial score (nSPS) is 32.2. The van der Waals surface area contributed by atoms with Crippen LogP contribution in [0.1, 0.15) is 32.1 Å². The molecule has 1 aliphatic carbocycles. The van der Waals surface area contributed by atoms with Gasteiger partial charge in [-0.2, -0.15) is 0 Å². The Hall–Kier alpha value is -0.570. The Balaban J connectivity index is 2.16. The number of aliphatic carboxylic acids is 1. The fourth-order valence-electron chi connectivity index (χ4n) is 2.77. The van der Waals surface area contributed by atoms with Crippen LogP contribution in [0, 0.1) is 11.3 Å². The van der Waals surface area contributed by atoms with Crippen molar-refractivity contribution in [2.75, 3.05) is 13.2 Å². The highest BCUT2D eigenvalue weighted by Gasteiger charge is 2.48. The fourth-order valence-corrected chi connectivity index (χ4v) is 2.77. The zero-order chi connectivity index (χ0) is 9.31. The first-order valence-corrected chi connectivity index (χ1v) is 5.07. The van der Waals surface area contributed by atoms with Crippen molar-refractivity contribution in [3.8, 4) is 0 Å². The van der Waals surface area contributed by atoms with Crippen molar-refractivity contribution in [3.63, 3.8) is 0 Å². The quantitative estimate of drug-likeness (QED) is 0.710. The molecule has 74 valence electrons. The van der Waals surface area contributed by atoms with Gasteiger partial charge in [0.25, 0.3) is 0 Å². The van der Waals surface area contributed by atoms with E-state index in [0.29, 0.717) is 6.61 Å². The molecule has 3 heteroatoms. The second-order valence-corrected chi connectivity index (χ2v) is 4.23. The van der Waals surface area contributed by atoms with E-state index in [4.69, 9.17) is 4.74 Å². The molecule has 1 N–H and O–H groups in total. The Labute approximate surface area is 78.1 Å². The highest BCUT2D eigenvalue weighted by atomic mass is 16.5. The van der Waals surface area contributed by atoms with E-state index in [1.165, 1.54) is 0 Å². The van der Waals surface area contributed by atoms with E-state index in [9.17, 15) is 9.90 Å². The van der Waals surface area contributed by atoms with Crippen molar-refractivity contribution in [3.05, 3.63) is 0 Å². The summed E-state index contributed by atoms with van der Waals surface area (Å²) in [6.45, 7) is 1.41. The van der Waals surface area contributed by atoms with Crippen molar-refractivity contribution in [2.45, 2.75) is 32.1 Å². The Morgan fingerprint density at radius 1 is 1.38 bits per heavy atom. The summed E-state index contributed by atoms with van der Waals surface area (Å²) in [6.07, 6.45) is 4.80.